The van der Waals surface area contributed by atoms with E-state index in [0.717, 1.165) is 34.9 Å². The molecule has 0 saturated carbocycles. The van der Waals surface area contributed by atoms with E-state index in [1.807, 2.05) is 30.3 Å². The average molecular weight is 393 g/mol. The van der Waals surface area contributed by atoms with Crippen LogP contribution >= 0.6 is 11.8 Å². The Morgan fingerprint density at radius 1 is 0.750 bits per heavy atom. The molecule has 0 fully saturated rings. The van der Waals surface area contributed by atoms with Gasteiger partial charge >= 0.3 is 0 Å². The summed E-state index contributed by atoms with van der Waals surface area (Å²) < 4.78 is 28.0. The smallest absolute Gasteiger partial charge is 0.268 e. The van der Waals surface area contributed by atoms with Crippen molar-refractivity contribution in [2.45, 2.75) is 4.90 Å². The summed E-state index contributed by atoms with van der Waals surface area (Å²) in [6.45, 7) is 0. The molecular weight excluding hydrogens is 380 g/mol. The van der Waals surface area contributed by atoms with Crippen molar-refractivity contribution in [3.05, 3.63) is 101 Å². The first-order chi connectivity index (χ1) is 13.6. The van der Waals surface area contributed by atoms with E-state index in [2.05, 4.69) is 0 Å². The summed E-state index contributed by atoms with van der Waals surface area (Å²) in [6.07, 6.45) is 0. The van der Waals surface area contributed by atoms with Gasteiger partial charge in [0.15, 0.2) is 0 Å². The third kappa shape index (κ3) is 3.23. The lowest BCUT2D eigenvalue weighted by Crippen LogP contribution is -2.32. The van der Waals surface area contributed by atoms with E-state index in [1.165, 1.54) is 0 Å². The zero-order valence-corrected chi connectivity index (χ0v) is 15.2. The minimum Gasteiger partial charge on any atom is -0.268 e. The summed E-state index contributed by atoms with van der Waals surface area (Å²) >= 11 is 1.13. The molecule has 0 atom stereocenters. The van der Waals surface area contributed by atoms with Crippen LogP contribution in [-0.4, -0.2) is 11.8 Å². The van der Waals surface area contributed by atoms with E-state index in [9.17, 15) is 18.4 Å². The molecule has 0 bridgehead atoms. The van der Waals surface area contributed by atoms with E-state index in [4.69, 9.17) is 0 Å². The van der Waals surface area contributed by atoms with Crippen molar-refractivity contribution in [2.75, 3.05) is 4.90 Å². The Balaban J connectivity index is 1.85. The fourth-order valence-corrected chi connectivity index (χ4v) is 3.96. The number of hydrogen-bond acceptors (Lipinski definition) is 3. The summed E-state index contributed by atoms with van der Waals surface area (Å²) in [5.41, 5.74) is 0.314. The van der Waals surface area contributed by atoms with Crippen LogP contribution in [0.15, 0.2) is 88.7 Å². The summed E-state index contributed by atoms with van der Waals surface area (Å²) in [7, 11) is 0. The first-order valence-corrected chi connectivity index (χ1v) is 9.24. The largest absolute Gasteiger partial charge is 0.273 e. The van der Waals surface area contributed by atoms with Crippen molar-refractivity contribution >= 4 is 34.8 Å². The van der Waals surface area contributed by atoms with Gasteiger partial charge in [0.25, 0.3) is 11.8 Å². The maximum absolute atomic E-state index is 14.3. The number of nitrogens with zero attached hydrogens (tertiary/aromatic N) is 1. The number of thioether (sulfide) groups is 1. The molecule has 1 aliphatic heterocycles. The fourth-order valence-electron chi connectivity index (χ4n) is 2.95. The second kappa shape index (κ2) is 7.40. The van der Waals surface area contributed by atoms with Gasteiger partial charge in [-0.15, -0.1) is 0 Å². The molecule has 1 aliphatic rings. The molecular formula is C22H13F2NO2S. The van der Waals surface area contributed by atoms with Gasteiger partial charge in [0.2, 0.25) is 0 Å². The summed E-state index contributed by atoms with van der Waals surface area (Å²) in [5, 5.41) is 0. The Kier molecular flexibility index (Phi) is 4.79. The van der Waals surface area contributed by atoms with Crippen molar-refractivity contribution in [1.29, 1.82) is 0 Å². The van der Waals surface area contributed by atoms with E-state index in [0.29, 0.717) is 10.5 Å². The molecule has 0 unspecified atom stereocenters. The zero-order valence-electron chi connectivity index (χ0n) is 14.4. The van der Waals surface area contributed by atoms with Crippen LogP contribution in [0.5, 0.6) is 0 Å². The number of carbonyl (C=O) groups is 2. The van der Waals surface area contributed by atoms with Gasteiger partial charge in [-0.25, -0.2) is 13.7 Å². The number of halogens is 2. The Hall–Kier alpha value is -3.25. The molecule has 2 amide bonds. The standard InChI is InChI=1S/C22H13F2NO2S/c23-15-11-12-17(24)18(13-15)25-21(26)19(14-7-3-1-4-8-14)20(22(25)27)28-16-9-5-2-6-10-16/h1-13H. The van der Waals surface area contributed by atoms with Crippen LogP contribution in [0.25, 0.3) is 5.57 Å². The second-order valence-electron chi connectivity index (χ2n) is 6.03. The van der Waals surface area contributed by atoms with Gasteiger partial charge in [-0.3, -0.25) is 9.59 Å². The third-order valence-corrected chi connectivity index (χ3v) is 5.31. The van der Waals surface area contributed by atoms with Gasteiger partial charge in [0, 0.05) is 11.0 Å². The van der Waals surface area contributed by atoms with Crippen molar-refractivity contribution in [1.82, 2.24) is 0 Å². The van der Waals surface area contributed by atoms with Crippen LogP contribution in [0, 0.1) is 11.6 Å². The molecule has 3 aromatic carbocycles. The van der Waals surface area contributed by atoms with Crippen molar-refractivity contribution in [3.8, 4) is 0 Å². The maximum atomic E-state index is 14.3. The summed E-state index contributed by atoms with van der Waals surface area (Å²) in [4.78, 5) is 27.9. The molecule has 0 spiro atoms. The molecule has 0 radical (unpaired) electrons. The molecule has 0 aromatic heterocycles. The normalized spacial score (nSPS) is 14.1. The lowest BCUT2D eigenvalue weighted by atomic mass is 10.1. The van der Waals surface area contributed by atoms with Crippen LogP contribution in [0.2, 0.25) is 0 Å². The topological polar surface area (TPSA) is 37.4 Å². The number of anilines is 1. The number of hydrogen-bond donors (Lipinski definition) is 0. The predicted molar refractivity (Wildman–Crippen MR) is 105 cm³/mol. The van der Waals surface area contributed by atoms with Crippen LogP contribution in [-0.2, 0) is 9.59 Å². The Labute approximate surface area is 164 Å². The van der Waals surface area contributed by atoms with Crippen LogP contribution in [0.1, 0.15) is 5.56 Å². The molecule has 138 valence electrons. The maximum Gasteiger partial charge on any atom is 0.273 e. The Morgan fingerprint density at radius 2 is 1.39 bits per heavy atom. The minimum atomic E-state index is -0.846. The van der Waals surface area contributed by atoms with Crippen molar-refractivity contribution < 1.29 is 18.4 Å². The summed E-state index contributed by atoms with van der Waals surface area (Å²) in [5.74, 6) is -2.94. The lowest BCUT2D eigenvalue weighted by Gasteiger charge is -2.16. The van der Waals surface area contributed by atoms with Gasteiger partial charge in [-0.05, 0) is 29.8 Å². The quantitative estimate of drug-likeness (QED) is 0.583. The number of carbonyl (C=O) groups excluding carboxylic acids is 2. The molecule has 4 rings (SSSR count). The van der Waals surface area contributed by atoms with Crippen LogP contribution in [0.3, 0.4) is 0 Å². The van der Waals surface area contributed by atoms with E-state index in [1.54, 1.807) is 30.3 Å². The molecule has 3 nitrogen and oxygen atoms in total. The van der Waals surface area contributed by atoms with Gasteiger partial charge in [0.05, 0.1) is 16.2 Å². The first-order valence-electron chi connectivity index (χ1n) is 8.42. The van der Waals surface area contributed by atoms with Gasteiger partial charge < -0.3 is 0 Å². The molecule has 3 aromatic rings. The Bertz CT molecular complexity index is 1100. The first kappa shape index (κ1) is 18.1. The molecule has 1 heterocycles. The fraction of sp³-hybridized carbons (Fsp3) is 0. The van der Waals surface area contributed by atoms with Crippen molar-refractivity contribution in [2.24, 2.45) is 0 Å². The molecule has 0 aliphatic carbocycles. The van der Waals surface area contributed by atoms with E-state index >= 15 is 0 Å². The third-order valence-electron chi connectivity index (χ3n) is 4.22. The SMILES string of the molecule is O=C1C(Sc2ccccc2)=C(c2ccccc2)C(=O)N1c1cc(F)ccc1F. The van der Waals surface area contributed by atoms with Crippen LogP contribution < -0.4 is 4.90 Å². The molecule has 28 heavy (non-hydrogen) atoms. The highest BCUT2D eigenvalue weighted by atomic mass is 32.2. The van der Waals surface area contributed by atoms with Gasteiger partial charge in [0.1, 0.15) is 11.6 Å². The number of amides is 2. The predicted octanol–water partition coefficient (Wildman–Crippen LogP) is 5.04. The number of benzene rings is 3. The zero-order chi connectivity index (χ0) is 19.7. The Morgan fingerprint density at radius 3 is 2.07 bits per heavy atom. The second-order valence-corrected chi connectivity index (χ2v) is 7.11. The van der Waals surface area contributed by atoms with E-state index < -0.39 is 29.1 Å². The van der Waals surface area contributed by atoms with Gasteiger partial charge in [-0.2, -0.15) is 0 Å². The lowest BCUT2D eigenvalue weighted by molar-refractivity contribution is -0.119. The van der Waals surface area contributed by atoms with Crippen LogP contribution in [0.4, 0.5) is 14.5 Å². The van der Waals surface area contributed by atoms with E-state index in [-0.39, 0.29) is 10.5 Å². The highest BCUT2D eigenvalue weighted by Gasteiger charge is 2.41. The monoisotopic (exact) mass is 393 g/mol. The van der Waals surface area contributed by atoms with Gasteiger partial charge in [-0.1, -0.05) is 60.3 Å². The minimum absolute atomic E-state index is 0.170. The summed E-state index contributed by atoms with van der Waals surface area (Å²) in [6, 6.07) is 20.5. The van der Waals surface area contributed by atoms with Crippen molar-refractivity contribution in [3.63, 3.8) is 0 Å². The molecule has 0 saturated heterocycles. The number of imide groups is 1. The molecule has 6 heteroatoms. The number of rotatable bonds is 4. The molecule has 0 N–H and O–H groups in total. The highest BCUT2D eigenvalue weighted by Crippen LogP contribution is 2.41. The average Bonchev–Trinajstić information content (AvgIpc) is 2.95. The highest BCUT2D eigenvalue weighted by molar-refractivity contribution is 8.04.